The molecule has 8 heteroatoms. The summed E-state index contributed by atoms with van der Waals surface area (Å²) in [5.74, 6) is 1.22. The fourth-order valence-electron chi connectivity index (χ4n) is 4.23. The summed E-state index contributed by atoms with van der Waals surface area (Å²) in [6.45, 7) is 5.59. The molecule has 29 heavy (non-hydrogen) atoms. The van der Waals surface area contributed by atoms with E-state index in [-0.39, 0.29) is 17.9 Å². The van der Waals surface area contributed by atoms with Gasteiger partial charge in [0, 0.05) is 27.9 Å². The lowest BCUT2D eigenvalue weighted by atomic mass is 10.1. The molecule has 0 saturated carbocycles. The molecule has 0 unspecified atom stereocenters. The average Bonchev–Trinajstić information content (AvgIpc) is 3.42. The highest BCUT2D eigenvalue weighted by Crippen LogP contribution is 2.34. The van der Waals surface area contributed by atoms with Crippen molar-refractivity contribution in [2.75, 3.05) is 0 Å². The molecule has 7 nitrogen and oxygen atoms in total. The van der Waals surface area contributed by atoms with Gasteiger partial charge >= 0.3 is 0 Å². The van der Waals surface area contributed by atoms with E-state index in [9.17, 15) is 9.59 Å². The first-order valence-electron chi connectivity index (χ1n) is 9.59. The number of hydrogen-bond acceptors (Lipinski definition) is 6. The zero-order chi connectivity index (χ0) is 20.3. The number of carbonyl (C=O) groups is 1. The molecule has 4 aromatic heterocycles. The Kier molecular flexibility index (Phi) is 4.06. The molecule has 0 saturated heterocycles. The number of rotatable bonds is 4. The minimum absolute atomic E-state index is 0.0332. The highest BCUT2D eigenvalue weighted by atomic mass is 32.1. The fraction of sp³-hybridized carbons (Fsp3) is 0.333. The molecule has 0 amide bonds. The topological polar surface area (TPSA) is 82.9 Å². The molecular formula is C21H20N4O3S. The van der Waals surface area contributed by atoms with E-state index < -0.39 is 0 Å². The van der Waals surface area contributed by atoms with Gasteiger partial charge in [-0.05, 0) is 51.7 Å². The van der Waals surface area contributed by atoms with Crippen molar-refractivity contribution in [3.63, 3.8) is 0 Å². The third-order valence-electron chi connectivity index (χ3n) is 5.58. The molecule has 0 radical (unpaired) electrons. The summed E-state index contributed by atoms with van der Waals surface area (Å²) in [6.07, 6.45) is 4.51. The SMILES string of the molecule is Cc1cc(-n2c(C)cc(C(=O)Cn3cnc4sc5c(c4c3=O)CCC5)c2C)no1. The van der Waals surface area contributed by atoms with E-state index in [4.69, 9.17) is 4.52 Å². The molecule has 1 aliphatic carbocycles. The van der Waals surface area contributed by atoms with Gasteiger partial charge in [-0.25, -0.2) is 4.98 Å². The largest absolute Gasteiger partial charge is 0.360 e. The van der Waals surface area contributed by atoms with Crippen molar-refractivity contribution in [3.05, 3.63) is 62.0 Å². The number of fused-ring (bicyclic) bond motifs is 3. The maximum Gasteiger partial charge on any atom is 0.262 e. The Labute approximate surface area is 170 Å². The molecule has 5 rings (SSSR count). The van der Waals surface area contributed by atoms with Crippen molar-refractivity contribution in [1.29, 1.82) is 0 Å². The van der Waals surface area contributed by atoms with Gasteiger partial charge in [-0.2, -0.15) is 0 Å². The van der Waals surface area contributed by atoms with Gasteiger partial charge in [0.1, 0.15) is 10.6 Å². The Morgan fingerprint density at radius 2 is 2.07 bits per heavy atom. The molecule has 4 heterocycles. The van der Waals surface area contributed by atoms with E-state index in [1.165, 1.54) is 15.8 Å². The first kappa shape index (κ1) is 18.1. The predicted octanol–water partition coefficient (Wildman–Crippen LogP) is 3.53. The minimum Gasteiger partial charge on any atom is -0.360 e. The Morgan fingerprint density at radius 1 is 1.24 bits per heavy atom. The summed E-state index contributed by atoms with van der Waals surface area (Å²) in [4.78, 5) is 32.6. The summed E-state index contributed by atoms with van der Waals surface area (Å²) in [6, 6.07) is 3.66. The Bertz CT molecular complexity index is 1340. The van der Waals surface area contributed by atoms with Crippen LogP contribution in [0.3, 0.4) is 0 Å². The van der Waals surface area contributed by atoms with Gasteiger partial charge in [-0.3, -0.25) is 18.7 Å². The van der Waals surface area contributed by atoms with Crippen molar-refractivity contribution in [3.8, 4) is 5.82 Å². The number of ketones is 1. The normalized spacial score (nSPS) is 13.3. The number of nitrogens with zero attached hydrogens (tertiary/aromatic N) is 4. The highest BCUT2D eigenvalue weighted by Gasteiger charge is 2.23. The molecule has 4 aromatic rings. The molecule has 0 aliphatic heterocycles. The van der Waals surface area contributed by atoms with Crippen LogP contribution in [0.25, 0.3) is 16.0 Å². The van der Waals surface area contributed by atoms with Crippen LogP contribution in [0.1, 0.15) is 44.4 Å². The number of Topliss-reactive ketones (excluding diaryl/α,β-unsaturated/α-hetero) is 1. The fourth-order valence-corrected chi connectivity index (χ4v) is 5.45. The lowest BCUT2D eigenvalue weighted by molar-refractivity contribution is 0.0970. The first-order valence-corrected chi connectivity index (χ1v) is 10.4. The van der Waals surface area contributed by atoms with Gasteiger partial charge in [0.15, 0.2) is 11.6 Å². The van der Waals surface area contributed by atoms with Crippen LogP contribution >= 0.6 is 11.3 Å². The standard InChI is InChI=1S/C21H20N4O3S/c1-11-7-15(13(3)25(11)18-8-12(2)28-23-18)16(26)9-24-10-22-20-19(21(24)27)14-5-4-6-17(14)29-20/h7-8,10H,4-6,9H2,1-3H3. The molecule has 0 atom stereocenters. The highest BCUT2D eigenvalue weighted by molar-refractivity contribution is 7.18. The third-order valence-corrected chi connectivity index (χ3v) is 6.78. The van der Waals surface area contributed by atoms with Crippen LogP contribution in [-0.4, -0.2) is 25.1 Å². The molecule has 0 aromatic carbocycles. The summed E-state index contributed by atoms with van der Waals surface area (Å²) in [7, 11) is 0. The Morgan fingerprint density at radius 3 is 2.83 bits per heavy atom. The molecule has 0 fully saturated rings. The lowest BCUT2D eigenvalue weighted by Gasteiger charge is -2.07. The molecule has 0 spiro atoms. The second kappa shape index (κ2) is 6.52. The van der Waals surface area contributed by atoms with Gasteiger partial charge in [-0.15, -0.1) is 11.3 Å². The molecule has 1 aliphatic rings. The van der Waals surface area contributed by atoms with Gasteiger partial charge in [0.2, 0.25) is 0 Å². The van der Waals surface area contributed by atoms with E-state index >= 15 is 0 Å². The molecular weight excluding hydrogens is 388 g/mol. The van der Waals surface area contributed by atoms with Crippen LogP contribution in [0.2, 0.25) is 0 Å². The maximum absolute atomic E-state index is 13.1. The minimum atomic E-state index is -0.125. The van der Waals surface area contributed by atoms with Crippen LogP contribution in [0.5, 0.6) is 0 Å². The number of hydrogen-bond donors (Lipinski definition) is 0. The Hall–Kier alpha value is -3.00. The summed E-state index contributed by atoms with van der Waals surface area (Å²) in [5, 5.41) is 4.75. The smallest absolute Gasteiger partial charge is 0.262 e. The van der Waals surface area contributed by atoms with E-state index in [0.717, 1.165) is 41.0 Å². The van der Waals surface area contributed by atoms with Crippen molar-refractivity contribution in [2.24, 2.45) is 0 Å². The van der Waals surface area contributed by atoms with Crippen LogP contribution in [0.4, 0.5) is 0 Å². The van der Waals surface area contributed by atoms with Crippen LogP contribution in [-0.2, 0) is 19.4 Å². The predicted molar refractivity (Wildman–Crippen MR) is 110 cm³/mol. The summed E-state index contributed by atoms with van der Waals surface area (Å²) in [5.41, 5.74) is 3.24. The van der Waals surface area contributed by atoms with Crippen molar-refractivity contribution in [1.82, 2.24) is 19.3 Å². The summed E-state index contributed by atoms with van der Waals surface area (Å²) < 4.78 is 8.49. The number of carbonyl (C=O) groups excluding carboxylic acids is 1. The van der Waals surface area contributed by atoms with Crippen molar-refractivity contribution >= 4 is 27.3 Å². The summed E-state index contributed by atoms with van der Waals surface area (Å²) >= 11 is 1.60. The quantitative estimate of drug-likeness (QED) is 0.483. The molecule has 148 valence electrons. The second-order valence-corrected chi connectivity index (χ2v) is 8.64. The van der Waals surface area contributed by atoms with E-state index in [1.807, 2.05) is 37.5 Å². The van der Waals surface area contributed by atoms with E-state index in [0.29, 0.717) is 22.5 Å². The van der Waals surface area contributed by atoms with Gasteiger partial charge in [0.25, 0.3) is 5.56 Å². The van der Waals surface area contributed by atoms with Gasteiger partial charge in [-0.1, -0.05) is 5.16 Å². The number of thiophene rings is 1. The number of aromatic nitrogens is 4. The second-order valence-electron chi connectivity index (χ2n) is 7.55. The number of aryl methyl sites for hydroxylation is 4. The lowest BCUT2D eigenvalue weighted by Crippen LogP contribution is -2.25. The average molecular weight is 408 g/mol. The van der Waals surface area contributed by atoms with Crippen molar-refractivity contribution < 1.29 is 9.32 Å². The molecule has 0 bridgehead atoms. The zero-order valence-corrected chi connectivity index (χ0v) is 17.3. The van der Waals surface area contributed by atoms with E-state index in [1.54, 1.807) is 11.3 Å². The van der Waals surface area contributed by atoms with Crippen LogP contribution in [0, 0.1) is 20.8 Å². The van der Waals surface area contributed by atoms with Crippen LogP contribution < -0.4 is 5.56 Å². The molecule has 0 N–H and O–H groups in total. The first-order chi connectivity index (χ1) is 13.9. The third kappa shape index (κ3) is 2.78. The maximum atomic E-state index is 13.1. The zero-order valence-electron chi connectivity index (χ0n) is 16.5. The Balaban J connectivity index is 1.51. The van der Waals surface area contributed by atoms with Crippen molar-refractivity contribution in [2.45, 2.75) is 46.6 Å². The van der Waals surface area contributed by atoms with E-state index in [2.05, 4.69) is 10.1 Å². The van der Waals surface area contributed by atoms with Crippen LogP contribution in [0.15, 0.2) is 27.8 Å². The van der Waals surface area contributed by atoms with Gasteiger partial charge in [0.05, 0.1) is 18.3 Å². The van der Waals surface area contributed by atoms with Gasteiger partial charge < -0.3 is 4.52 Å². The monoisotopic (exact) mass is 408 g/mol.